The fraction of sp³-hybridized carbons (Fsp3) is 0.321. The van der Waals surface area contributed by atoms with Gasteiger partial charge in [0, 0.05) is 18.3 Å². The molecule has 1 saturated carbocycles. The van der Waals surface area contributed by atoms with Crippen molar-refractivity contribution in [2.24, 2.45) is 0 Å². The molecule has 0 radical (unpaired) electrons. The Kier molecular flexibility index (Phi) is 7.44. The number of carbonyl (C=O) groups excluding carboxylic acids is 1. The summed E-state index contributed by atoms with van der Waals surface area (Å²) in [5.74, 6) is 0.831. The monoisotopic (exact) mass is 429 g/mol. The molecule has 1 aliphatic carbocycles. The maximum atomic E-state index is 12.2. The molecule has 4 nitrogen and oxygen atoms in total. The Labute approximate surface area is 190 Å². The van der Waals surface area contributed by atoms with Gasteiger partial charge in [-0.05, 0) is 47.6 Å². The van der Waals surface area contributed by atoms with Crippen molar-refractivity contribution in [3.63, 3.8) is 0 Å². The second-order valence-electron chi connectivity index (χ2n) is 8.41. The van der Waals surface area contributed by atoms with Gasteiger partial charge in [-0.25, -0.2) is 4.79 Å². The summed E-state index contributed by atoms with van der Waals surface area (Å²) >= 11 is 0. The highest BCUT2D eigenvalue weighted by atomic mass is 16.5. The zero-order valence-electron chi connectivity index (χ0n) is 18.7. The molecule has 0 spiro atoms. The summed E-state index contributed by atoms with van der Waals surface area (Å²) in [5.41, 5.74) is 5.06. The lowest BCUT2D eigenvalue weighted by Gasteiger charge is -2.22. The third-order valence-electron chi connectivity index (χ3n) is 6.18. The van der Waals surface area contributed by atoms with E-state index >= 15 is 0 Å². The first-order valence-electron chi connectivity index (χ1n) is 11.4. The third kappa shape index (κ3) is 5.70. The van der Waals surface area contributed by atoms with Gasteiger partial charge in [0.1, 0.15) is 17.9 Å². The molecule has 0 amide bonds. The molecule has 1 fully saturated rings. The number of hydrogen-bond acceptors (Lipinski definition) is 4. The Morgan fingerprint density at radius 3 is 2.38 bits per heavy atom. The van der Waals surface area contributed by atoms with Crippen molar-refractivity contribution < 1.29 is 14.3 Å². The molecular weight excluding hydrogens is 398 g/mol. The van der Waals surface area contributed by atoms with Crippen LogP contribution in [0.2, 0.25) is 0 Å². The fourth-order valence-electron chi connectivity index (χ4n) is 4.31. The number of nitrogens with one attached hydrogen (secondary N) is 1. The molecule has 32 heavy (non-hydrogen) atoms. The first-order chi connectivity index (χ1) is 15.7. The lowest BCUT2D eigenvalue weighted by Crippen LogP contribution is -2.07. The van der Waals surface area contributed by atoms with Crippen LogP contribution in [-0.4, -0.2) is 13.1 Å². The van der Waals surface area contributed by atoms with Crippen LogP contribution >= 0.6 is 0 Å². The molecule has 166 valence electrons. The summed E-state index contributed by atoms with van der Waals surface area (Å²) in [4.78, 5) is 12.2. The van der Waals surface area contributed by atoms with E-state index in [1.807, 2.05) is 42.5 Å². The Hall–Kier alpha value is -3.27. The van der Waals surface area contributed by atoms with Crippen molar-refractivity contribution in [3.8, 4) is 5.75 Å². The smallest absolute Gasteiger partial charge is 0.341 e. The largest absolute Gasteiger partial charge is 0.488 e. The lowest BCUT2D eigenvalue weighted by molar-refractivity contribution is 0.0595. The van der Waals surface area contributed by atoms with Gasteiger partial charge in [-0.3, -0.25) is 0 Å². The normalized spacial score (nSPS) is 14.0. The van der Waals surface area contributed by atoms with E-state index in [1.165, 1.54) is 50.3 Å². The van der Waals surface area contributed by atoms with Crippen molar-refractivity contribution >= 4 is 11.7 Å². The minimum atomic E-state index is -0.405. The molecule has 4 heteroatoms. The van der Waals surface area contributed by atoms with Gasteiger partial charge < -0.3 is 14.8 Å². The maximum absolute atomic E-state index is 12.2. The molecule has 0 aliphatic heterocycles. The van der Waals surface area contributed by atoms with E-state index in [0.29, 0.717) is 24.5 Å². The van der Waals surface area contributed by atoms with Gasteiger partial charge in [0.2, 0.25) is 0 Å². The van der Waals surface area contributed by atoms with Crippen molar-refractivity contribution in [1.82, 2.24) is 0 Å². The third-order valence-corrected chi connectivity index (χ3v) is 6.18. The highest BCUT2D eigenvalue weighted by Gasteiger charge is 2.16. The van der Waals surface area contributed by atoms with E-state index in [2.05, 4.69) is 29.6 Å². The van der Waals surface area contributed by atoms with Crippen LogP contribution in [0.5, 0.6) is 5.75 Å². The Morgan fingerprint density at radius 1 is 0.906 bits per heavy atom. The molecule has 3 aromatic rings. The SMILES string of the molecule is COC(=O)c1ccc(NCc2ccc(C3CCCCC3)cc2)cc1OCc1ccccc1. The maximum Gasteiger partial charge on any atom is 0.341 e. The molecule has 0 unspecified atom stereocenters. The molecular formula is C28H31NO3. The van der Waals surface area contributed by atoms with Crippen LogP contribution in [0.4, 0.5) is 5.69 Å². The second kappa shape index (κ2) is 10.9. The van der Waals surface area contributed by atoms with Gasteiger partial charge >= 0.3 is 5.97 Å². The van der Waals surface area contributed by atoms with Crippen LogP contribution in [0.3, 0.4) is 0 Å². The first kappa shape index (κ1) is 21.9. The molecule has 0 heterocycles. The van der Waals surface area contributed by atoms with E-state index in [1.54, 1.807) is 6.07 Å². The Balaban J connectivity index is 1.42. The number of hydrogen-bond donors (Lipinski definition) is 1. The van der Waals surface area contributed by atoms with Crippen molar-refractivity contribution in [1.29, 1.82) is 0 Å². The predicted octanol–water partition coefficient (Wildman–Crippen LogP) is 6.71. The van der Waals surface area contributed by atoms with Gasteiger partial charge in [-0.15, -0.1) is 0 Å². The number of carbonyl (C=O) groups is 1. The van der Waals surface area contributed by atoms with Gasteiger partial charge in [0.15, 0.2) is 0 Å². The van der Waals surface area contributed by atoms with Crippen LogP contribution in [0.1, 0.15) is 65.1 Å². The molecule has 3 aromatic carbocycles. The second-order valence-corrected chi connectivity index (χ2v) is 8.41. The molecule has 0 saturated heterocycles. The molecule has 0 bridgehead atoms. The summed E-state index contributed by atoms with van der Waals surface area (Å²) in [5, 5.41) is 3.45. The average molecular weight is 430 g/mol. The summed E-state index contributed by atoms with van der Waals surface area (Å²) in [6.07, 6.45) is 6.71. The zero-order chi connectivity index (χ0) is 22.2. The van der Waals surface area contributed by atoms with Gasteiger partial charge in [-0.2, -0.15) is 0 Å². The van der Waals surface area contributed by atoms with Crippen LogP contribution < -0.4 is 10.1 Å². The number of esters is 1. The topological polar surface area (TPSA) is 47.6 Å². The predicted molar refractivity (Wildman–Crippen MR) is 128 cm³/mol. The minimum Gasteiger partial charge on any atom is -0.488 e. The lowest BCUT2D eigenvalue weighted by atomic mass is 9.84. The Morgan fingerprint density at radius 2 is 1.66 bits per heavy atom. The van der Waals surface area contributed by atoms with Crippen LogP contribution in [-0.2, 0) is 17.9 Å². The summed E-state index contributed by atoms with van der Waals surface area (Å²) < 4.78 is 10.9. The number of methoxy groups -OCH3 is 1. The van der Waals surface area contributed by atoms with E-state index in [4.69, 9.17) is 9.47 Å². The summed E-state index contributed by atoms with van der Waals surface area (Å²) in [6, 6.07) is 24.4. The molecule has 4 rings (SSSR count). The molecule has 0 atom stereocenters. The van der Waals surface area contributed by atoms with Gasteiger partial charge in [0.05, 0.1) is 7.11 Å². The molecule has 1 N–H and O–H groups in total. The number of ether oxygens (including phenoxy) is 2. The van der Waals surface area contributed by atoms with E-state index in [9.17, 15) is 4.79 Å². The summed E-state index contributed by atoms with van der Waals surface area (Å²) in [7, 11) is 1.38. The Bertz CT molecular complexity index is 1010. The van der Waals surface area contributed by atoms with E-state index in [0.717, 1.165) is 17.2 Å². The van der Waals surface area contributed by atoms with E-state index in [-0.39, 0.29) is 0 Å². The number of rotatable bonds is 8. The number of anilines is 1. The van der Waals surface area contributed by atoms with Crippen molar-refractivity contribution in [2.75, 3.05) is 12.4 Å². The molecule has 1 aliphatic rings. The fourth-order valence-corrected chi connectivity index (χ4v) is 4.31. The highest BCUT2D eigenvalue weighted by molar-refractivity contribution is 5.93. The van der Waals surface area contributed by atoms with Crippen LogP contribution in [0.15, 0.2) is 72.8 Å². The van der Waals surface area contributed by atoms with Crippen molar-refractivity contribution in [2.45, 2.75) is 51.2 Å². The van der Waals surface area contributed by atoms with E-state index < -0.39 is 5.97 Å². The van der Waals surface area contributed by atoms with Crippen LogP contribution in [0, 0.1) is 0 Å². The minimum absolute atomic E-state index is 0.386. The van der Waals surface area contributed by atoms with Crippen LogP contribution in [0.25, 0.3) is 0 Å². The molecule has 0 aromatic heterocycles. The quantitative estimate of drug-likeness (QED) is 0.404. The zero-order valence-corrected chi connectivity index (χ0v) is 18.7. The van der Waals surface area contributed by atoms with Gasteiger partial charge in [0.25, 0.3) is 0 Å². The summed E-state index contributed by atoms with van der Waals surface area (Å²) in [6.45, 7) is 1.09. The van der Waals surface area contributed by atoms with Gasteiger partial charge in [-0.1, -0.05) is 73.9 Å². The first-order valence-corrected chi connectivity index (χ1v) is 11.4. The highest BCUT2D eigenvalue weighted by Crippen LogP contribution is 2.32. The average Bonchev–Trinajstić information content (AvgIpc) is 2.87. The van der Waals surface area contributed by atoms with Crippen molar-refractivity contribution in [3.05, 3.63) is 95.1 Å². The standard InChI is InChI=1S/C28H31NO3/c1-31-28(30)26-17-16-25(18-27(26)32-20-22-8-4-2-5-9-22)29-19-21-12-14-24(15-13-21)23-10-6-3-7-11-23/h2,4-5,8-9,12-18,23,29H,3,6-7,10-11,19-20H2,1H3. The number of benzene rings is 3.